The van der Waals surface area contributed by atoms with Gasteiger partial charge in [0.25, 0.3) is 0 Å². The average Bonchev–Trinajstić information content (AvgIpc) is 2.52. The van der Waals surface area contributed by atoms with E-state index in [0.29, 0.717) is 5.02 Å². The molecule has 6 heteroatoms. The van der Waals surface area contributed by atoms with Crippen LogP contribution in [-0.2, 0) is 11.2 Å². The van der Waals surface area contributed by atoms with Crippen molar-refractivity contribution in [3.63, 3.8) is 0 Å². The summed E-state index contributed by atoms with van der Waals surface area (Å²) in [5.41, 5.74) is 2.37. The van der Waals surface area contributed by atoms with Crippen LogP contribution in [0.5, 0.6) is 0 Å². The third kappa shape index (κ3) is 4.20. The summed E-state index contributed by atoms with van der Waals surface area (Å²) in [6.45, 7) is 5.63. The van der Waals surface area contributed by atoms with Crippen LogP contribution in [-0.4, -0.2) is 11.7 Å². The summed E-state index contributed by atoms with van der Waals surface area (Å²) in [6, 6.07) is 11.7. The molecule has 0 fully saturated rings. The van der Waals surface area contributed by atoms with Gasteiger partial charge >= 0.3 is 6.09 Å². The Kier molecular flexibility index (Phi) is 5.89. The molecule has 3 rings (SSSR count). The summed E-state index contributed by atoms with van der Waals surface area (Å²) >= 11 is 12.4. The molecule has 1 aliphatic rings. The maximum Gasteiger partial charge on any atom is 0.415 e. The lowest BCUT2D eigenvalue weighted by Crippen LogP contribution is -2.42. The molecule has 0 saturated heterocycles. The van der Waals surface area contributed by atoms with E-state index in [-0.39, 0.29) is 12.1 Å². The van der Waals surface area contributed by atoms with Gasteiger partial charge in [0.1, 0.15) is 5.60 Å². The molecule has 0 bridgehead atoms. The summed E-state index contributed by atoms with van der Waals surface area (Å²) in [5.74, 6) is 0. The zero-order chi connectivity index (χ0) is 19.1. The van der Waals surface area contributed by atoms with Crippen molar-refractivity contribution in [3.8, 4) is 0 Å². The predicted octanol–water partition coefficient (Wildman–Crippen LogP) is 7.14. The lowest BCUT2D eigenvalue weighted by molar-refractivity contribution is 0.0559. The zero-order valence-electron chi connectivity index (χ0n) is 14.9. The first-order valence-electron chi connectivity index (χ1n) is 8.42. The quantitative estimate of drug-likeness (QED) is 0.355. The Morgan fingerprint density at radius 1 is 1.31 bits per heavy atom. The average molecular weight is 549 g/mol. The Morgan fingerprint density at radius 2 is 2.00 bits per heavy atom. The van der Waals surface area contributed by atoms with E-state index in [1.807, 2.05) is 51.1 Å². The van der Waals surface area contributed by atoms with Gasteiger partial charge in [-0.2, -0.15) is 0 Å². The third-order valence-electron chi connectivity index (χ3n) is 4.20. The summed E-state index contributed by atoms with van der Waals surface area (Å²) in [4.78, 5) is 14.9. The van der Waals surface area contributed by atoms with E-state index in [0.717, 1.165) is 37.7 Å². The first-order chi connectivity index (χ1) is 12.2. The van der Waals surface area contributed by atoms with E-state index in [1.165, 1.54) is 0 Å². The molecule has 1 unspecified atom stereocenters. The van der Waals surface area contributed by atoms with Crippen molar-refractivity contribution in [2.45, 2.75) is 45.3 Å². The van der Waals surface area contributed by atoms with E-state index in [1.54, 1.807) is 4.90 Å². The number of aryl methyl sites for hydroxylation is 1. The van der Waals surface area contributed by atoms with Crippen molar-refractivity contribution in [2.75, 3.05) is 4.90 Å². The molecular weight excluding hydrogens is 528 g/mol. The standard InChI is InChI=1S/C20H20BrClINO2/c1-20(2,3)26-19(25)24-17(14-6-4-5-7-16(14)22)9-8-12-10-13(23)11-15(21)18(12)24/h4-7,10-11,17H,8-9H2,1-3H3. The Balaban J connectivity index is 2.13. The van der Waals surface area contributed by atoms with Crippen molar-refractivity contribution in [3.05, 3.63) is 60.6 Å². The van der Waals surface area contributed by atoms with Crippen LogP contribution in [0.4, 0.5) is 10.5 Å². The summed E-state index contributed by atoms with van der Waals surface area (Å²) in [7, 11) is 0. The van der Waals surface area contributed by atoms with E-state index < -0.39 is 5.60 Å². The Labute approximate surface area is 181 Å². The maximum absolute atomic E-state index is 13.1. The molecular formula is C20H20BrClINO2. The van der Waals surface area contributed by atoms with Gasteiger partial charge in [0.15, 0.2) is 0 Å². The number of carbonyl (C=O) groups excluding carboxylic acids is 1. The van der Waals surface area contributed by atoms with Gasteiger partial charge in [-0.05, 0) is 101 Å². The first-order valence-corrected chi connectivity index (χ1v) is 10.7. The fourth-order valence-electron chi connectivity index (χ4n) is 3.23. The Hall–Kier alpha value is -0.790. The number of carbonyl (C=O) groups is 1. The van der Waals surface area contributed by atoms with Crippen LogP contribution in [0.25, 0.3) is 0 Å². The minimum atomic E-state index is -0.574. The molecule has 0 saturated carbocycles. The number of anilines is 1. The molecule has 138 valence electrons. The zero-order valence-corrected chi connectivity index (χ0v) is 19.4. The van der Waals surface area contributed by atoms with Crippen molar-refractivity contribution >= 4 is 61.9 Å². The molecule has 0 aliphatic carbocycles. The summed E-state index contributed by atoms with van der Waals surface area (Å²) < 4.78 is 7.76. The highest BCUT2D eigenvalue weighted by molar-refractivity contribution is 14.1. The number of hydrogen-bond acceptors (Lipinski definition) is 2. The SMILES string of the molecule is CC(C)(C)OC(=O)N1c2c(Br)cc(I)cc2CCC1c1ccccc1Cl. The second kappa shape index (κ2) is 7.68. The molecule has 0 radical (unpaired) electrons. The number of benzene rings is 2. The van der Waals surface area contributed by atoms with E-state index >= 15 is 0 Å². The molecule has 26 heavy (non-hydrogen) atoms. The topological polar surface area (TPSA) is 29.5 Å². The fourth-order valence-corrected chi connectivity index (χ4v) is 5.30. The maximum atomic E-state index is 13.1. The number of fused-ring (bicyclic) bond motifs is 1. The second-order valence-corrected chi connectivity index (χ2v) is 9.83. The first kappa shape index (κ1) is 20.0. The van der Waals surface area contributed by atoms with Gasteiger partial charge in [-0.1, -0.05) is 29.8 Å². The van der Waals surface area contributed by atoms with Crippen LogP contribution in [0.2, 0.25) is 5.02 Å². The van der Waals surface area contributed by atoms with Gasteiger partial charge in [-0.15, -0.1) is 0 Å². The monoisotopic (exact) mass is 547 g/mol. The molecule has 2 aromatic carbocycles. The smallest absolute Gasteiger partial charge is 0.415 e. The molecule has 1 atom stereocenters. The second-order valence-electron chi connectivity index (χ2n) is 7.32. The molecule has 1 amide bonds. The predicted molar refractivity (Wildman–Crippen MR) is 118 cm³/mol. The van der Waals surface area contributed by atoms with Crippen LogP contribution in [0, 0.1) is 3.57 Å². The number of hydrogen-bond donors (Lipinski definition) is 0. The Morgan fingerprint density at radius 3 is 2.65 bits per heavy atom. The van der Waals surface area contributed by atoms with Crippen molar-refractivity contribution in [1.82, 2.24) is 0 Å². The Bertz CT molecular complexity index is 850. The minimum absolute atomic E-state index is 0.164. The van der Waals surface area contributed by atoms with Crippen LogP contribution in [0.1, 0.15) is 44.4 Å². The minimum Gasteiger partial charge on any atom is -0.443 e. The molecule has 0 N–H and O–H groups in total. The van der Waals surface area contributed by atoms with Gasteiger partial charge in [0, 0.05) is 13.1 Å². The molecule has 0 aromatic heterocycles. The van der Waals surface area contributed by atoms with Crippen molar-refractivity contribution in [1.29, 1.82) is 0 Å². The van der Waals surface area contributed by atoms with Crippen LogP contribution in [0.3, 0.4) is 0 Å². The highest BCUT2D eigenvalue weighted by Crippen LogP contribution is 2.45. The lowest BCUT2D eigenvalue weighted by atomic mass is 9.91. The highest BCUT2D eigenvalue weighted by Gasteiger charge is 2.37. The summed E-state index contributed by atoms with van der Waals surface area (Å²) in [6.07, 6.45) is 1.31. The summed E-state index contributed by atoms with van der Waals surface area (Å²) in [5, 5.41) is 0.663. The van der Waals surface area contributed by atoms with Gasteiger partial charge in [-0.3, -0.25) is 4.90 Å². The fraction of sp³-hybridized carbons (Fsp3) is 0.350. The van der Waals surface area contributed by atoms with Crippen LogP contribution < -0.4 is 4.90 Å². The number of amides is 1. The van der Waals surface area contributed by atoms with Gasteiger partial charge in [0.05, 0.1) is 11.7 Å². The third-order valence-corrected chi connectivity index (χ3v) is 5.77. The van der Waals surface area contributed by atoms with E-state index in [2.05, 4.69) is 44.6 Å². The van der Waals surface area contributed by atoms with Crippen molar-refractivity contribution < 1.29 is 9.53 Å². The number of rotatable bonds is 1. The number of ether oxygens (including phenoxy) is 1. The molecule has 1 heterocycles. The molecule has 3 nitrogen and oxygen atoms in total. The van der Waals surface area contributed by atoms with Gasteiger partial charge in [-0.25, -0.2) is 4.79 Å². The van der Waals surface area contributed by atoms with Crippen molar-refractivity contribution in [2.24, 2.45) is 0 Å². The molecule has 2 aromatic rings. The van der Waals surface area contributed by atoms with E-state index in [4.69, 9.17) is 16.3 Å². The largest absolute Gasteiger partial charge is 0.443 e. The normalized spacial score (nSPS) is 17.0. The number of nitrogens with zero attached hydrogens (tertiary/aromatic N) is 1. The van der Waals surface area contributed by atoms with Gasteiger partial charge < -0.3 is 4.74 Å². The molecule has 0 spiro atoms. The van der Waals surface area contributed by atoms with Gasteiger partial charge in [0.2, 0.25) is 0 Å². The lowest BCUT2D eigenvalue weighted by Gasteiger charge is -2.39. The number of halogens is 3. The van der Waals surface area contributed by atoms with E-state index in [9.17, 15) is 4.79 Å². The molecule has 1 aliphatic heterocycles. The highest BCUT2D eigenvalue weighted by atomic mass is 127. The van der Waals surface area contributed by atoms with Crippen LogP contribution >= 0.6 is 50.1 Å². The van der Waals surface area contributed by atoms with Crippen LogP contribution in [0.15, 0.2) is 40.9 Å².